The Balaban J connectivity index is 1.59. The van der Waals surface area contributed by atoms with Crippen LogP contribution in [0, 0.1) is 0 Å². The van der Waals surface area contributed by atoms with Crippen LogP contribution in [0.1, 0.15) is 38.5 Å². The van der Waals surface area contributed by atoms with E-state index in [2.05, 4.69) is 4.90 Å². The Morgan fingerprint density at radius 2 is 1.24 bits per heavy atom. The van der Waals surface area contributed by atoms with Crippen molar-refractivity contribution >= 4 is 17.7 Å². The molecule has 0 bridgehead atoms. The van der Waals surface area contributed by atoms with Crippen LogP contribution in [0.25, 0.3) is 0 Å². The molecule has 3 saturated heterocycles. The maximum absolute atomic E-state index is 12.8. The van der Waals surface area contributed by atoms with Crippen LogP contribution in [0.2, 0.25) is 0 Å². The molecule has 3 heterocycles. The molecular weight excluding hydrogens is 370 g/mol. The third kappa shape index (κ3) is 5.92. The molecule has 3 aliphatic rings. The van der Waals surface area contributed by atoms with E-state index in [1.54, 1.807) is 19.0 Å². The topological polar surface area (TPSA) is 67.4 Å². The number of likely N-dealkylation sites (tertiary alicyclic amines) is 2. The lowest BCUT2D eigenvalue weighted by molar-refractivity contribution is -0.143. The number of carbonyl (C=O) groups is 3. The van der Waals surface area contributed by atoms with Crippen molar-refractivity contribution in [2.24, 2.45) is 0 Å². The first kappa shape index (κ1) is 22.0. The fraction of sp³-hybridized carbons (Fsp3) is 0.857. The third-order valence-electron chi connectivity index (χ3n) is 6.42. The number of hydrogen-bond acceptors (Lipinski definition) is 5. The second-order valence-corrected chi connectivity index (χ2v) is 8.84. The molecular formula is C21H37N5O3. The van der Waals surface area contributed by atoms with Crippen molar-refractivity contribution in [3.63, 3.8) is 0 Å². The molecule has 3 aliphatic heterocycles. The van der Waals surface area contributed by atoms with Gasteiger partial charge in [-0.15, -0.1) is 0 Å². The van der Waals surface area contributed by atoms with Crippen LogP contribution in [0.4, 0.5) is 0 Å². The van der Waals surface area contributed by atoms with E-state index in [-0.39, 0.29) is 30.3 Å². The predicted molar refractivity (Wildman–Crippen MR) is 111 cm³/mol. The molecule has 0 radical (unpaired) electrons. The van der Waals surface area contributed by atoms with Gasteiger partial charge in [0.1, 0.15) is 6.04 Å². The summed E-state index contributed by atoms with van der Waals surface area (Å²) >= 11 is 0. The van der Waals surface area contributed by atoms with Gasteiger partial charge >= 0.3 is 0 Å². The first-order valence-electron chi connectivity index (χ1n) is 11.2. The smallest absolute Gasteiger partial charge is 0.240 e. The first-order chi connectivity index (χ1) is 14.0. The molecule has 164 valence electrons. The summed E-state index contributed by atoms with van der Waals surface area (Å²) in [5.41, 5.74) is 0. The lowest BCUT2D eigenvalue weighted by atomic mass is 10.1. The Bertz CT molecular complexity index is 585. The van der Waals surface area contributed by atoms with Gasteiger partial charge in [-0.05, 0) is 38.5 Å². The van der Waals surface area contributed by atoms with Crippen LogP contribution in [0.5, 0.6) is 0 Å². The molecule has 8 heteroatoms. The molecule has 3 rings (SSSR count). The molecule has 8 nitrogen and oxygen atoms in total. The zero-order valence-corrected chi connectivity index (χ0v) is 18.1. The van der Waals surface area contributed by atoms with Gasteiger partial charge in [-0.25, -0.2) is 0 Å². The zero-order valence-electron chi connectivity index (χ0n) is 18.1. The second-order valence-electron chi connectivity index (χ2n) is 8.84. The molecule has 0 aromatic carbocycles. The number of carbonyl (C=O) groups excluding carboxylic acids is 3. The Labute approximate surface area is 174 Å². The predicted octanol–water partition coefficient (Wildman–Crippen LogP) is 0.0858. The van der Waals surface area contributed by atoms with Crippen LogP contribution in [-0.4, -0.2) is 121 Å². The van der Waals surface area contributed by atoms with Crippen molar-refractivity contribution in [2.45, 2.75) is 44.6 Å². The average molecular weight is 408 g/mol. The van der Waals surface area contributed by atoms with Gasteiger partial charge in [-0.3, -0.25) is 24.2 Å². The molecule has 3 amide bonds. The number of hydrogen-bond donors (Lipinski definition) is 0. The van der Waals surface area contributed by atoms with Gasteiger partial charge < -0.3 is 14.7 Å². The molecule has 0 aromatic heterocycles. The average Bonchev–Trinajstić information content (AvgIpc) is 2.75. The maximum atomic E-state index is 12.8. The number of likely N-dealkylation sites (N-methyl/N-ethyl adjacent to an activating group) is 1. The lowest BCUT2D eigenvalue weighted by Gasteiger charge is -2.42. The molecule has 0 saturated carbocycles. The Morgan fingerprint density at radius 3 is 1.76 bits per heavy atom. The summed E-state index contributed by atoms with van der Waals surface area (Å²) in [5.74, 6) is 0.296. The minimum absolute atomic E-state index is 0.00608. The van der Waals surface area contributed by atoms with Crippen molar-refractivity contribution < 1.29 is 14.4 Å². The Hall–Kier alpha value is -1.67. The van der Waals surface area contributed by atoms with E-state index in [9.17, 15) is 14.4 Å². The van der Waals surface area contributed by atoms with E-state index in [0.29, 0.717) is 26.2 Å². The van der Waals surface area contributed by atoms with Crippen molar-refractivity contribution in [2.75, 3.05) is 73.0 Å². The van der Waals surface area contributed by atoms with Crippen LogP contribution in [-0.2, 0) is 14.4 Å². The van der Waals surface area contributed by atoms with E-state index < -0.39 is 0 Å². The summed E-state index contributed by atoms with van der Waals surface area (Å²) in [6, 6.07) is -0.373. The number of amides is 3. The fourth-order valence-electron chi connectivity index (χ4n) is 4.59. The second kappa shape index (κ2) is 10.4. The summed E-state index contributed by atoms with van der Waals surface area (Å²) in [6.45, 7) is 5.87. The minimum Gasteiger partial charge on any atom is -0.347 e. The van der Waals surface area contributed by atoms with Crippen molar-refractivity contribution in [1.29, 1.82) is 0 Å². The highest BCUT2D eigenvalue weighted by molar-refractivity contribution is 5.84. The molecule has 1 atom stereocenters. The van der Waals surface area contributed by atoms with Crippen molar-refractivity contribution in [1.82, 2.24) is 24.5 Å². The molecule has 0 spiro atoms. The summed E-state index contributed by atoms with van der Waals surface area (Å²) in [6.07, 6.45) is 6.69. The number of piperazine rings is 1. The molecule has 3 fully saturated rings. The minimum atomic E-state index is -0.373. The van der Waals surface area contributed by atoms with Gasteiger partial charge in [0.2, 0.25) is 17.7 Å². The van der Waals surface area contributed by atoms with E-state index >= 15 is 0 Å². The van der Waals surface area contributed by atoms with Crippen molar-refractivity contribution in [3.8, 4) is 0 Å². The molecule has 0 aliphatic carbocycles. The van der Waals surface area contributed by atoms with Gasteiger partial charge in [-0.2, -0.15) is 0 Å². The summed E-state index contributed by atoms with van der Waals surface area (Å²) in [4.78, 5) is 47.8. The molecule has 0 aromatic rings. The quantitative estimate of drug-likeness (QED) is 0.646. The number of piperidine rings is 2. The van der Waals surface area contributed by atoms with Crippen LogP contribution >= 0.6 is 0 Å². The van der Waals surface area contributed by atoms with Crippen molar-refractivity contribution in [3.05, 3.63) is 0 Å². The monoisotopic (exact) mass is 407 g/mol. The Kier molecular flexibility index (Phi) is 7.89. The lowest BCUT2D eigenvalue weighted by Crippen LogP contribution is -2.61. The SMILES string of the molecule is CN(C)C(=O)C1CN(CC(=O)N2CCCCC2)CCN1CC(=O)N1CCCCC1. The van der Waals surface area contributed by atoms with E-state index in [4.69, 9.17) is 0 Å². The van der Waals surface area contributed by atoms with E-state index in [0.717, 1.165) is 51.9 Å². The summed E-state index contributed by atoms with van der Waals surface area (Å²) in [7, 11) is 3.51. The first-order valence-corrected chi connectivity index (χ1v) is 11.2. The van der Waals surface area contributed by atoms with Gasteiger partial charge in [-0.1, -0.05) is 0 Å². The highest BCUT2D eigenvalue weighted by Crippen LogP contribution is 2.16. The summed E-state index contributed by atoms with van der Waals surface area (Å²) in [5, 5.41) is 0. The Morgan fingerprint density at radius 1 is 0.724 bits per heavy atom. The van der Waals surface area contributed by atoms with Gasteiger partial charge in [0.15, 0.2) is 0 Å². The largest absolute Gasteiger partial charge is 0.347 e. The van der Waals surface area contributed by atoms with Gasteiger partial charge in [0.25, 0.3) is 0 Å². The fourth-order valence-corrected chi connectivity index (χ4v) is 4.59. The van der Waals surface area contributed by atoms with E-state index in [1.807, 2.05) is 14.7 Å². The summed E-state index contributed by atoms with van der Waals surface area (Å²) < 4.78 is 0. The van der Waals surface area contributed by atoms with Gasteiger partial charge in [0.05, 0.1) is 13.1 Å². The maximum Gasteiger partial charge on any atom is 0.240 e. The number of nitrogens with zero attached hydrogens (tertiary/aromatic N) is 5. The van der Waals surface area contributed by atoms with Crippen LogP contribution in [0.15, 0.2) is 0 Å². The van der Waals surface area contributed by atoms with Crippen LogP contribution in [0.3, 0.4) is 0 Å². The molecule has 29 heavy (non-hydrogen) atoms. The molecule has 1 unspecified atom stereocenters. The van der Waals surface area contributed by atoms with Crippen LogP contribution < -0.4 is 0 Å². The number of rotatable bonds is 5. The molecule has 0 N–H and O–H groups in total. The highest BCUT2D eigenvalue weighted by Gasteiger charge is 2.36. The third-order valence-corrected chi connectivity index (χ3v) is 6.42. The van der Waals surface area contributed by atoms with Gasteiger partial charge in [0, 0.05) is 59.9 Å². The zero-order chi connectivity index (χ0) is 20.8. The van der Waals surface area contributed by atoms with E-state index in [1.165, 1.54) is 12.8 Å². The normalized spacial score (nSPS) is 24.4. The standard InChI is InChI=1S/C21H37N5O3/c1-22(2)21(29)18-15-23(16-19(27)24-9-5-3-6-10-24)13-14-26(18)17-20(28)25-11-7-4-8-12-25/h18H,3-17H2,1-2H3. The highest BCUT2D eigenvalue weighted by atomic mass is 16.2.